The molecule has 2 rings (SSSR count). The first-order valence-electron chi connectivity index (χ1n) is 4.97. The second kappa shape index (κ2) is 4.83. The van der Waals surface area contributed by atoms with Crippen LogP contribution in [0.5, 0.6) is 0 Å². The molecule has 0 aliphatic carbocycles. The van der Waals surface area contributed by atoms with Crippen molar-refractivity contribution in [3.8, 4) is 0 Å². The molecule has 5 heteroatoms. The van der Waals surface area contributed by atoms with Crippen LogP contribution in [0.15, 0.2) is 24.5 Å². The van der Waals surface area contributed by atoms with Crippen molar-refractivity contribution in [3.63, 3.8) is 0 Å². The zero-order chi connectivity index (χ0) is 10.7. The predicted octanol–water partition coefficient (Wildman–Crippen LogP) is 1.06. The number of rotatable bonds is 3. The average Bonchev–Trinajstić information content (AvgIpc) is 2.66. The molecule has 0 N–H and O–H groups in total. The van der Waals surface area contributed by atoms with Gasteiger partial charge in [-0.1, -0.05) is 6.07 Å². The van der Waals surface area contributed by atoms with Gasteiger partial charge in [-0.3, -0.25) is 14.1 Å². The number of aromatic nitrogens is 1. The molecule has 15 heavy (non-hydrogen) atoms. The van der Waals surface area contributed by atoms with E-state index in [9.17, 15) is 8.76 Å². The third kappa shape index (κ3) is 2.62. The summed E-state index contributed by atoms with van der Waals surface area (Å²) in [5.74, 6) is 0.125. The molecule has 0 spiro atoms. The van der Waals surface area contributed by atoms with Gasteiger partial charge in [0.2, 0.25) is 0 Å². The van der Waals surface area contributed by atoms with Crippen LogP contribution >= 0.6 is 0 Å². The Hall–Kier alpha value is -0.780. The molecule has 1 aliphatic heterocycles. The Morgan fingerprint density at radius 2 is 2.53 bits per heavy atom. The molecule has 0 radical (unpaired) electrons. The summed E-state index contributed by atoms with van der Waals surface area (Å²) in [6.07, 6.45) is 5.62. The van der Waals surface area contributed by atoms with Gasteiger partial charge in [-0.2, -0.15) is 0 Å². The summed E-state index contributed by atoms with van der Waals surface area (Å²) in [6.45, 7) is 0.855. The summed E-state index contributed by atoms with van der Waals surface area (Å²) in [5.41, 5.74) is 1.11. The van der Waals surface area contributed by atoms with Crippen LogP contribution in [0.2, 0.25) is 0 Å². The van der Waals surface area contributed by atoms with Crippen molar-refractivity contribution in [3.05, 3.63) is 30.1 Å². The smallest absolute Gasteiger partial charge is 0.0618 e. The third-order valence-electron chi connectivity index (χ3n) is 2.70. The fourth-order valence-electron chi connectivity index (χ4n) is 2.07. The fraction of sp³-hybridized carbons (Fsp3) is 0.500. The molecule has 0 bridgehead atoms. The maximum Gasteiger partial charge on any atom is 0.0618 e. The van der Waals surface area contributed by atoms with E-state index in [0.29, 0.717) is 0 Å². The number of pyridine rings is 1. The van der Waals surface area contributed by atoms with Crippen LogP contribution in [0.1, 0.15) is 24.4 Å². The highest BCUT2D eigenvalue weighted by atomic mass is 32.2. The van der Waals surface area contributed by atoms with Crippen molar-refractivity contribution >= 4 is 11.1 Å². The minimum absolute atomic E-state index is 0.125. The molecule has 1 aliphatic rings. The second-order valence-electron chi connectivity index (χ2n) is 3.69. The van der Waals surface area contributed by atoms with Gasteiger partial charge in [0.25, 0.3) is 0 Å². The zero-order valence-corrected chi connectivity index (χ0v) is 9.15. The Balaban J connectivity index is 2.11. The Bertz CT molecular complexity index is 345. The van der Waals surface area contributed by atoms with Crippen molar-refractivity contribution in [2.24, 2.45) is 0 Å². The summed E-state index contributed by atoms with van der Waals surface area (Å²) in [6, 6.07) is 4.11. The van der Waals surface area contributed by atoms with Gasteiger partial charge >= 0.3 is 0 Å². The van der Waals surface area contributed by atoms with Crippen molar-refractivity contribution in [1.82, 2.24) is 9.88 Å². The SMILES string of the molecule is O=S([O-])CN1CCCC1c1cccnc1. The minimum atomic E-state index is -1.99. The summed E-state index contributed by atoms with van der Waals surface area (Å²) in [4.78, 5) is 6.05. The van der Waals surface area contributed by atoms with E-state index in [-0.39, 0.29) is 11.9 Å². The summed E-state index contributed by atoms with van der Waals surface area (Å²) >= 11 is -1.99. The molecule has 1 saturated heterocycles. The fourth-order valence-corrected chi connectivity index (χ4v) is 2.65. The van der Waals surface area contributed by atoms with Crippen LogP contribution in [0.25, 0.3) is 0 Å². The highest BCUT2D eigenvalue weighted by molar-refractivity contribution is 7.79. The number of hydrogen-bond acceptors (Lipinski definition) is 4. The topological polar surface area (TPSA) is 56.3 Å². The molecule has 1 aromatic rings. The molecular formula is C10H13N2O2S-. The Morgan fingerprint density at radius 1 is 1.67 bits per heavy atom. The number of nitrogens with zero attached hydrogens (tertiary/aromatic N) is 2. The Morgan fingerprint density at radius 3 is 3.20 bits per heavy atom. The predicted molar refractivity (Wildman–Crippen MR) is 56.7 cm³/mol. The van der Waals surface area contributed by atoms with Gasteiger partial charge in [0.05, 0.1) is 5.88 Å². The van der Waals surface area contributed by atoms with Crippen molar-refractivity contribution in [1.29, 1.82) is 0 Å². The highest BCUT2D eigenvalue weighted by Gasteiger charge is 2.25. The van der Waals surface area contributed by atoms with E-state index in [4.69, 9.17) is 0 Å². The van der Waals surface area contributed by atoms with E-state index >= 15 is 0 Å². The molecule has 0 saturated carbocycles. The van der Waals surface area contributed by atoms with E-state index in [2.05, 4.69) is 4.98 Å². The van der Waals surface area contributed by atoms with Crippen molar-refractivity contribution < 1.29 is 8.76 Å². The van der Waals surface area contributed by atoms with E-state index in [1.165, 1.54) is 0 Å². The largest absolute Gasteiger partial charge is 0.771 e. The van der Waals surface area contributed by atoms with Crippen molar-refractivity contribution in [2.75, 3.05) is 12.4 Å². The lowest BCUT2D eigenvalue weighted by Gasteiger charge is -2.25. The first kappa shape index (κ1) is 10.7. The number of likely N-dealkylation sites (tertiary alicyclic amines) is 1. The van der Waals surface area contributed by atoms with Crippen LogP contribution in [0.4, 0.5) is 0 Å². The van der Waals surface area contributed by atoms with Gasteiger partial charge in [-0.15, -0.1) is 0 Å². The van der Waals surface area contributed by atoms with Gasteiger partial charge in [0.1, 0.15) is 0 Å². The van der Waals surface area contributed by atoms with Gasteiger partial charge < -0.3 is 4.55 Å². The van der Waals surface area contributed by atoms with Gasteiger partial charge in [0, 0.05) is 18.4 Å². The van der Waals surface area contributed by atoms with Crippen LogP contribution < -0.4 is 0 Å². The van der Waals surface area contributed by atoms with Crippen LogP contribution in [0.3, 0.4) is 0 Å². The van der Waals surface area contributed by atoms with E-state index in [1.54, 1.807) is 6.20 Å². The quantitative estimate of drug-likeness (QED) is 0.722. The van der Waals surface area contributed by atoms with Crippen molar-refractivity contribution in [2.45, 2.75) is 18.9 Å². The second-order valence-corrected chi connectivity index (χ2v) is 4.56. The minimum Gasteiger partial charge on any atom is -0.771 e. The van der Waals surface area contributed by atoms with E-state index in [1.807, 2.05) is 23.2 Å². The van der Waals surface area contributed by atoms with Gasteiger partial charge in [0.15, 0.2) is 0 Å². The molecule has 0 aromatic carbocycles. The normalized spacial score (nSPS) is 24.2. The molecule has 1 aromatic heterocycles. The van der Waals surface area contributed by atoms with Crippen LogP contribution in [-0.4, -0.2) is 31.1 Å². The molecule has 2 atom stereocenters. The van der Waals surface area contributed by atoms with Gasteiger partial charge in [-0.25, -0.2) is 0 Å². The highest BCUT2D eigenvalue weighted by Crippen LogP contribution is 2.30. The standard InChI is InChI=1S/C10H14N2O2S/c13-15(14)8-12-6-2-4-10(12)9-3-1-5-11-7-9/h1,3,5,7,10H,2,4,6,8H2,(H,13,14)/p-1. The first-order valence-corrected chi connectivity index (χ1v) is 6.21. The maximum atomic E-state index is 10.7. The molecular weight excluding hydrogens is 212 g/mol. The van der Waals surface area contributed by atoms with Gasteiger partial charge in [-0.05, 0) is 42.1 Å². The lowest BCUT2D eigenvalue weighted by atomic mass is 10.1. The first-order chi connectivity index (χ1) is 7.27. The van der Waals surface area contributed by atoms with Crippen LogP contribution in [-0.2, 0) is 11.1 Å². The molecule has 82 valence electrons. The molecule has 4 nitrogen and oxygen atoms in total. The number of hydrogen-bond donors (Lipinski definition) is 0. The Labute approximate surface area is 91.6 Å². The molecule has 0 amide bonds. The summed E-state index contributed by atoms with van der Waals surface area (Å²) < 4.78 is 21.3. The van der Waals surface area contributed by atoms with E-state index in [0.717, 1.165) is 24.9 Å². The zero-order valence-electron chi connectivity index (χ0n) is 8.33. The molecule has 1 fully saturated rings. The molecule has 2 unspecified atom stereocenters. The van der Waals surface area contributed by atoms with Crippen LogP contribution in [0, 0.1) is 0 Å². The summed E-state index contributed by atoms with van der Waals surface area (Å²) in [5, 5.41) is 0. The molecule has 2 heterocycles. The maximum absolute atomic E-state index is 10.7. The Kier molecular flexibility index (Phi) is 3.45. The monoisotopic (exact) mass is 225 g/mol. The lowest BCUT2D eigenvalue weighted by Crippen LogP contribution is -2.26. The average molecular weight is 225 g/mol. The van der Waals surface area contributed by atoms with E-state index < -0.39 is 11.1 Å². The summed E-state index contributed by atoms with van der Waals surface area (Å²) in [7, 11) is 0. The lowest BCUT2D eigenvalue weighted by molar-refractivity contribution is 0.293. The third-order valence-corrected chi connectivity index (χ3v) is 3.25.